The largest absolute Gasteiger partial charge is 0.497 e. The molecule has 182 valence electrons. The van der Waals surface area contributed by atoms with Crippen LogP contribution in [0.25, 0.3) is 0 Å². The molecule has 1 aromatic carbocycles. The average Bonchev–Trinajstić information content (AvgIpc) is 2.77. The molecule has 5 aliphatic rings. The van der Waals surface area contributed by atoms with Gasteiger partial charge in [-0.15, -0.1) is 0 Å². The third-order valence-electron chi connectivity index (χ3n) is 8.48. The molecular weight excluding hydrogens is 440 g/mol. The lowest BCUT2D eigenvalue weighted by molar-refractivity contribution is -0.128. The van der Waals surface area contributed by atoms with Crippen molar-refractivity contribution in [2.24, 2.45) is 23.7 Å². The van der Waals surface area contributed by atoms with Gasteiger partial charge in [-0.25, -0.2) is 8.42 Å². The summed E-state index contributed by atoms with van der Waals surface area (Å²) in [5.41, 5.74) is 0.0425. The van der Waals surface area contributed by atoms with Crippen LogP contribution in [0.15, 0.2) is 23.1 Å². The van der Waals surface area contributed by atoms with Crippen LogP contribution in [0.4, 0.5) is 0 Å². The number of hydrogen-bond acceptors (Lipinski definition) is 5. The van der Waals surface area contributed by atoms with Gasteiger partial charge in [0.25, 0.3) is 0 Å². The molecule has 0 spiro atoms. The van der Waals surface area contributed by atoms with E-state index in [0.717, 1.165) is 37.0 Å². The normalized spacial score (nSPS) is 32.0. The van der Waals surface area contributed by atoms with Gasteiger partial charge < -0.3 is 14.8 Å². The van der Waals surface area contributed by atoms with Crippen molar-refractivity contribution in [1.29, 1.82) is 0 Å². The van der Waals surface area contributed by atoms with Crippen LogP contribution in [0.5, 0.6) is 11.5 Å². The van der Waals surface area contributed by atoms with E-state index in [4.69, 9.17) is 9.47 Å². The molecule has 1 heterocycles. The number of carbonyl (C=O) groups is 1. The van der Waals surface area contributed by atoms with Gasteiger partial charge in [-0.05, 0) is 87.2 Å². The highest BCUT2D eigenvalue weighted by Crippen LogP contribution is 2.55. The SMILES string of the molecule is COc1ccc(S(=O)(=O)N2CCC(CC(=O)NC34CC5CC(CC(C5)C3)C4)CC2)c(OC)c1. The van der Waals surface area contributed by atoms with E-state index in [-0.39, 0.29) is 28.0 Å². The molecule has 5 fully saturated rings. The van der Waals surface area contributed by atoms with Crippen molar-refractivity contribution in [3.63, 3.8) is 0 Å². The van der Waals surface area contributed by atoms with Crippen molar-refractivity contribution >= 4 is 15.9 Å². The first-order chi connectivity index (χ1) is 15.8. The summed E-state index contributed by atoms with van der Waals surface area (Å²) in [7, 11) is -0.670. The zero-order valence-corrected chi connectivity index (χ0v) is 20.5. The molecule has 4 aliphatic carbocycles. The lowest BCUT2D eigenvalue weighted by Gasteiger charge is -2.57. The summed E-state index contributed by atoms with van der Waals surface area (Å²) in [5, 5.41) is 3.47. The Morgan fingerprint density at radius 3 is 2.18 bits per heavy atom. The molecule has 1 saturated heterocycles. The summed E-state index contributed by atoms with van der Waals surface area (Å²) >= 11 is 0. The predicted molar refractivity (Wildman–Crippen MR) is 125 cm³/mol. The van der Waals surface area contributed by atoms with Crippen LogP contribution in [0, 0.1) is 23.7 Å². The summed E-state index contributed by atoms with van der Waals surface area (Å²) in [6.07, 6.45) is 9.46. The summed E-state index contributed by atoms with van der Waals surface area (Å²) in [6.45, 7) is 0.847. The van der Waals surface area contributed by atoms with Gasteiger partial charge in [0.05, 0.1) is 14.2 Å². The van der Waals surface area contributed by atoms with Crippen molar-refractivity contribution in [2.75, 3.05) is 27.3 Å². The van der Waals surface area contributed by atoms with E-state index >= 15 is 0 Å². The minimum absolute atomic E-state index is 0.0425. The Morgan fingerprint density at radius 1 is 1.03 bits per heavy atom. The molecule has 33 heavy (non-hydrogen) atoms. The first-order valence-electron chi connectivity index (χ1n) is 12.3. The number of hydrogen-bond donors (Lipinski definition) is 1. The summed E-state index contributed by atoms with van der Waals surface area (Å²) in [5.74, 6) is 3.64. The van der Waals surface area contributed by atoms with Gasteiger partial charge in [0.2, 0.25) is 15.9 Å². The Hall–Kier alpha value is -1.80. The van der Waals surface area contributed by atoms with Crippen LogP contribution >= 0.6 is 0 Å². The molecule has 4 saturated carbocycles. The fourth-order valence-electron chi connectivity index (χ4n) is 7.35. The number of methoxy groups -OCH3 is 2. The number of piperidine rings is 1. The quantitative estimate of drug-likeness (QED) is 0.650. The second-order valence-corrected chi connectivity index (χ2v) is 12.7. The molecule has 1 amide bonds. The van der Waals surface area contributed by atoms with E-state index in [1.807, 2.05) is 0 Å². The lowest BCUT2D eigenvalue weighted by Crippen LogP contribution is -2.60. The molecule has 0 unspecified atom stereocenters. The number of benzene rings is 1. The van der Waals surface area contributed by atoms with Gasteiger partial charge in [-0.1, -0.05) is 0 Å². The minimum atomic E-state index is -3.67. The van der Waals surface area contributed by atoms with E-state index in [9.17, 15) is 13.2 Å². The Labute approximate surface area is 197 Å². The van der Waals surface area contributed by atoms with Gasteiger partial charge in [-0.2, -0.15) is 4.31 Å². The summed E-state index contributed by atoms with van der Waals surface area (Å²) in [6, 6.07) is 4.77. The number of nitrogens with zero attached hydrogens (tertiary/aromatic N) is 1. The number of sulfonamides is 1. The maximum atomic E-state index is 13.2. The van der Waals surface area contributed by atoms with Gasteiger partial charge >= 0.3 is 0 Å². The summed E-state index contributed by atoms with van der Waals surface area (Å²) < 4.78 is 38.5. The molecule has 0 radical (unpaired) electrons. The van der Waals surface area contributed by atoms with Gasteiger partial charge in [0, 0.05) is 31.1 Å². The van der Waals surface area contributed by atoms with Crippen molar-refractivity contribution in [3.05, 3.63) is 18.2 Å². The highest BCUT2D eigenvalue weighted by molar-refractivity contribution is 7.89. The van der Waals surface area contributed by atoms with Crippen LogP contribution in [0.2, 0.25) is 0 Å². The van der Waals surface area contributed by atoms with Crippen molar-refractivity contribution < 1.29 is 22.7 Å². The standard InChI is InChI=1S/C25H36N2O5S/c1-31-21-3-4-23(22(13-21)32-2)33(29,30)27-7-5-17(6-8-27)12-24(28)26-25-14-18-9-19(15-25)11-20(10-18)16-25/h3-4,13,17-20H,5-12,14-16H2,1-2H3,(H,26,28). The molecule has 0 atom stereocenters. The minimum Gasteiger partial charge on any atom is -0.497 e. The topological polar surface area (TPSA) is 84.9 Å². The Balaban J connectivity index is 1.17. The fourth-order valence-corrected chi connectivity index (χ4v) is 8.96. The maximum Gasteiger partial charge on any atom is 0.246 e. The monoisotopic (exact) mass is 476 g/mol. The van der Waals surface area contributed by atoms with Crippen LogP contribution in [0.3, 0.4) is 0 Å². The van der Waals surface area contributed by atoms with Crippen LogP contribution < -0.4 is 14.8 Å². The molecule has 6 rings (SSSR count). The summed E-state index contributed by atoms with van der Waals surface area (Å²) in [4.78, 5) is 13.1. The van der Waals surface area contributed by atoms with E-state index in [2.05, 4.69) is 5.32 Å². The van der Waals surface area contributed by atoms with Gasteiger partial charge in [-0.3, -0.25) is 4.79 Å². The number of ether oxygens (including phenoxy) is 2. The van der Waals surface area contributed by atoms with Gasteiger partial charge in [0.1, 0.15) is 16.4 Å². The van der Waals surface area contributed by atoms with Crippen molar-refractivity contribution in [3.8, 4) is 11.5 Å². The molecule has 1 aromatic rings. The smallest absolute Gasteiger partial charge is 0.246 e. The Morgan fingerprint density at radius 2 is 1.64 bits per heavy atom. The third-order valence-corrected chi connectivity index (χ3v) is 10.4. The van der Waals surface area contributed by atoms with E-state index < -0.39 is 10.0 Å². The van der Waals surface area contributed by atoms with Crippen molar-refractivity contribution in [2.45, 2.75) is 68.2 Å². The molecule has 7 nitrogen and oxygen atoms in total. The second kappa shape index (κ2) is 8.77. The molecular formula is C25H36N2O5S. The van der Waals surface area contributed by atoms with E-state index in [0.29, 0.717) is 38.1 Å². The molecule has 0 aromatic heterocycles. The highest BCUT2D eigenvalue weighted by atomic mass is 32.2. The highest BCUT2D eigenvalue weighted by Gasteiger charge is 2.51. The van der Waals surface area contributed by atoms with Crippen LogP contribution in [0.1, 0.15) is 57.8 Å². The molecule has 1 aliphatic heterocycles. The number of carbonyl (C=O) groups excluding carboxylic acids is 1. The zero-order valence-electron chi connectivity index (χ0n) is 19.7. The Bertz CT molecular complexity index is 965. The second-order valence-electron chi connectivity index (χ2n) is 10.8. The predicted octanol–water partition coefficient (Wildman–Crippen LogP) is 3.58. The average molecular weight is 477 g/mol. The number of amides is 1. The molecule has 8 heteroatoms. The first-order valence-corrected chi connectivity index (χ1v) is 13.8. The fraction of sp³-hybridized carbons (Fsp3) is 0.720. The lowest BCUT2D eigenvalue weighted by atomic mass is 9.53. The van der Waals surface area contributed by atoms with Crippen LogP contribution in [-0.4, -0.2) is 51.5 Å². The molecule has 4 bridgehead atoms. The number of rotatable bonds is 7. The molecule has 1 N–H and O–H groups in total. The van der Waals surface area contributed by atoms with Crippen LogP contribution in [-0.2, 0) is 14.8 Å². The number of nitrogens with one attached hydrogen (secondary N) is 1. The third kappa shape index (κ3) is 4.48. The van der Waals surface area contributed by atoms with E-state index in [1.54, 1.807) is 12.1 Å². The van der Waals surface area contributed by atoms with Crippen molar-refractivity contribution in [1.82, 2.24) is 9.62 Å². The zero-order chi connectivity index (χ0) is 23.2. The first kappa shape index (κ1) is 23.0. The Kier molecular flexibility index (Phi) is 6.10. The maximum absolute atomic E-state index is 13.2. The van der Waals surface area contributed by atoms with Gasteiger partial charge in [0.15, 0.2) is 0 Å². The van der Waals surface area contributed by atoms with E-state index in [1.165, 1.54) is 43.9 Å².